The zero-order chi connectivity index (χ0) is 26.0. The number of fused-ring (bicyclic) bond motifs is 2. The highest BCUT2D eigenvalue weighted by molar-refractivity contribution is 8.55. The van der Waals surface area contributed by atoms with Gasteiger partial charge in [0.15, 0.2) is 5.75 Å². The average Bonchev–Trinajstić information content (AvgIpc) is 2.83. The van der Waals surface area contributed by atoms with Crippen LogP contribution in [0.3, 0.4) is 0 Å². The number of hydrogen-bond acceptors (Lipinski definition) is 6. The van der Waals surface area contributed by atoms with Crippen LogP contribution in [-0.2, 0) is 15.4 Å². The zero-order valence-corrected chi connectivity index (χ0v) is 23.7. The second-order valence-corrected chi connectivity index (χ2v) is 14.4. The Hall–Kier alpha value is -2.20. The van der Waals surface area contributed by atoms with Crippen molar-refractivity contribution in [2.24, 2.45) is 0 Å². The predicted octanol–water partition coefficient (Wildman–Crippen LogP) is 8.93. The van der Waals surface area contributed by atoms with Crippen molar-refractivity contribution in [3.8, 4) is 17.6 Å². The quantitative estimate of drug-likeness (QED) is 0.154. The number of nitrogens with zero attached hydrogens (tertiary/aromatic N) is 1. The summed E-state index contributed by atoms with van der Waals surface area (Å²) in [6, 6.07) is 18.0. The first-order valence-electron chi connectivity index (χ1n) is 11.0. The van der Waals surface area contributed by atoms with E-state index < -0.39 is 17.6 Å². The summed E-state index contributed by atoms with van der Waals surface area (Å²) in [6.07, 6.45) is 2.32. The fourth-order valence-electron chi connectivity index (χ4n) is 3.67. The normalized spacial score (nSPS) is 13.8. The van der Waals surface area contributed by atoms with Crippen molar-refractivity contribution in [1.82, 2.24) is 0 Å². The molecule has 0 saturated heterocycles. The fraction of sp³-hybridized carbons (Fsp3) is 0.192. The molecule has 0 radical (unpaired) electrons. The van der Waals surface area contributed by atoms with Gasteiger partial charge in [0.25, 0.3) is 0 Å². The van der Waals surface area contributed by atoms with Gasteiger partial charge >= 0.3 is 6.80 Å². The smallest absolute Gasteiger partial charge is 0.408 e. The summed E-state index contributed by atoms with van der Waals surface area (Å²) < 4.78 is 38.7. The van der Waals surface area contributed by atoms with Gasteiger partial charge in [-0.1, -0.05) is 36.2 Å². The van der Waals surface area contributed by atoms with Crippen molar-refractivity contribution >= 4 is 73.7 Å². The Morgan fingerprint density at radius 1 is 1.03 bits per heavy atom. The molecule has 5 nitrogen and oxygen atoms in total. The van der Waals surface area contributed by atoms with Gasteiger partial charge in [-0.2, -0.15) is 5.26 Å². The van der Waals surface area contributed by atoms with Crippen molar-refractivity contribution in [3.05, 3.63) is 75.8 Å². The zero-order valence-electron chi connectivity index (χ0n) is 19.7. The van der Waals surface area contributed by atoms with Crippen LogP contribution in [0, 0.1) is 18.3 Å². The molecule has 4 rings (SSSR count). The van der Waals surface area contributed by atoms with E-state index in [0.717, 1.165) is 34.0 Å². The second kappa shape index (κ2) is 11.0. The first kappa shape index (κ1) is 26.9. The molecule has 0 spiro atoms. The van der Waals surface area contributed by atoms with Gasteiger partial charge in [-0.25, -0.2) is 4.57 Å². The molecular formula is C26H22Cl2NO4PS2. The molecule has 36 heavy (non-hydrogen) atoms. The topological polar surface area (TPSA) is 76.4 Å². The van der Waals surface area contributed by atoms with Crippen LogP contribution >= 0.6 is 41.4 Å². The highest BCUT2D eigenvalue weighted by Gasteiger charge is 2.32. The minimum Gasteiger partial charge on any atom is -0.408 e. The molecule has 0 fully saturated rings. The number of halogens is 2. The average molecular weight is 578 g/mol. The lowest BCUT2D eigenvalue weighted by molar-refractivity contribution is 0.408. The first-order valence-corrected chi connectivity index (χ1v) is 16.4. The summed E-state index contributed by atoms with van der Waals surface area (Å²) in [7, 11) is -1.31. The molecule has 10 heteroatoms. The Morgan fingerprint density at radius 2 is 1.81 bits per heavy atom. The maximum absolute atomic E-state index is 14.1. The number of benzene rings is 4. The molecule has 4 aromatic rings. The minimum absolute atomic E-state index is 0.226. The largest absolute Gasteiger partial charge is 0.492 e. The minimum atomic E-state index is -3.84. The predicted molar refractivity (Wildman–Crippen MR) is 151 cm³/mol. The molecule has 186 valence electrons. The summed E-state index contributed by atoms with van der Waals surface area (Å²) in [6.45, 7) is -0.115. The van der Waals surface area contributed by atoms with Crippen molar-refractivity contribution < 1.29 is 17.8 Å². The molecule has 0 heterocycles. The van der Waals surface area contributed by atoms with Gasteiger partial charge in [-0.3, -0.25) is 4.21 Å². The number of hydrogen-bond donors (Lipinski definition) is 0. The second-order valence-electron chi connectivity index (χ2n) is 8.12. The first-order chi connectivity index (χ1) is 17.1. The lowest BCUT2D eigenvalue weighted by Gasteiger charge is -2.22. The maximum atomic E-state index is 14.1. The summed E-state index contributed by atoms with van der Waals surface area (Å²) in [5, 5.41) is 13.1. The van der Waals surface area contributed by atoms with E-state index in [1.54, 1.807) is 37.4 Å². The van der Waals surface area contributed by atoms with Crippen LogP contribution in [0.2, 0.25) is 10.0 Å². The van der Waals surface area contributed by atoms with E-state index in [0.29, 0.717) is 32.2 Å². The van der Waals surface area contributed by atoms with Crippen LogP contribution in [0.1, 0.15) is 24.5 Å². The van der Waals surface area contributed by atoms with Crippen molar-refractivity contribution in [2.75, 3.05) is 12.0 Å². The SMILES string of the molecule is CCCSP(=O)(Oc1c(C)cc(Cl)cc1Cl)Oc1cc(S(C)=O)cc2cc3ccc(C#N)cc3cc12. The van der Waals surface area contributed by atoms with Crippen LogP contribution in [0.4, 0.5) is 0 Å². The van der Waals surface area contributed by atoms with Gasteiger partial charge in [0.1, 0.15) is 5.75 Å². The molecule has 0 N–H and O–H groups in total. The van der Waals surface area contributed by atoms with Gasteiger partial charge in [0.2, 0.25) is 0 Å². The molecule has 2 unspecified atom stereocenters. The van der Waals surface area contributed by atoms with Gasteiger partial charge in [-0.05, 0) is 95.0 Å². The van der Waals surface area contributed by atoms with E-state index in [9.17, 15) is 14.0 Å². The number of aryl methyl sites for hydroxylation is 1. The van der Waals surface area contributed by atoms with Gasteiger partial charge < -0.3 is 9.05 Å². The molecule has 0 saturated carbocycles. The van der Waals surface area contributed by atoms with E-state index in [1.165, 1.54) is 6.07 Å². The summed E-state index contributed by atoms with van der Waals surface area (Å²) in [4.78, 5) is 0.526. The lowest BCUT2D eigenvalue weighted by Crippen LogP contribution is -2.02. The molecule has 0 aromatic heterocycles. The van der Waals surface area contributed by atoms with Crippen molar-refractivity contribution in [2.45, 2.75) is 25.2 Å². The molecule has 0 amide bonds. The van der Waals surface area contributed by atoms with Crippen LogP contribution < -0.4 is 9.05 Å². The van der Waals surface area contributed by atoms with Crippen LogP contribution in [-0.4, -0.2) is 16.2 Å². The van der Waals surface area contributed by atoms with Crippen molar-refractivity contribution in [3.63, 3.8) is 0 Å². The van der Waals surface area contributed by atoms with E-state index in [4.69, 9.17) is 32.2 Å². The molecule has 0 aliphatic rings. The standard InChI is InChI=1S/C26H22Cl2NO4PS2/c1-4-7-35-34(30,33-26-16(2)8-21(27)13-24(26)28)32-25-14-22(36(3)31)11-20-10-18-6-5-17(15-29)9-19(18)12-23(20)25/h5-6,8-14H,4,7H2,1-3H3. The van der Waals surface area contributed by atoms with Gasteiger partial charge in [0, 0.05) is 38.1 Å². The Morgan fingerprint density at radius 3 is 2.47 bits per heavy atom. The third-order valence-corrected chi connectivity index (χ3v) is 10.4. The van der Waals surface area contributed by atoms with Gasteiger partial charge in [-0.15, -0.1) is 0 Å². The third kappa shape index (κ3) is 5.85. The van der Waals surface area contributed by atoms with E-state index >= 15 is 0 Å². The number of nitriles is 1. The molecule has 2 atom stereocenters. The summed E-state index contributed by atoms with van der Waals surface area (Å²) in [5.41, 5.74) is 1.15. The Balaban J connectivity index is 1.88. The summed E-state index contributed by atoms with van der Waals surface area (Å²) >= 11 is 13.5. The van der Waals surface area contributed by atoms with E-state index in [2.05, 4.69) is 6.07 Å². The third-order valence-electron chi connectivity index (χ3n) is 5.37. The molecule has 4 aromatic carbocycles. The molecule has 0 bridgehead atoms. The lowest BCUT2D eigenvalue weighted by atomic mass is 10.0. The van der Waals surface area contributed by atoms with Crippen molar-refractivity contribution in [1.29, 1.82) is 5.26 Å². The molecular weight excluding hydrogens is 556 g/mol. The Labute approximate surface area is 226 Å². The van der Waals surface area contributed by atoms with Crippen LogP contribution in [0.15, 0.2) is 59.5 Å². The Bertz CT molecular complexity index is 1580. The van der Waals surface area contributed by atoms with Gasteiger partial charge in [0.05, 0.1) is 16.7 Å². The number of rotatable bonds is 8. The molecule has 0 aliphatic carbocycles. The highest BCUT2D eigenvalue weighted by atomic mass is 35.5. The Kier molecular flexibility index (Phi) is 8.24. The van der Waals surface area contributed by atoms with E-state index in [1.807, 2.05) is 31.2 Å². The van der Waals surface area contributed by atoms with Crippen LogP contribution in [0.25, 0.3) is 21.5 Å². The maximum Gasteiger partial charge on any atom is 0.492 e. The monoisotopic (exact) mass is 577 g/mol. The molecule has 0 aliphatic heterocycles. The van der Waals surface area contributed by atoms with E-state index in [-0.39, 0.29) is 16.5 Å². The highest BCUT2D eigenvalue weighted by Crippen LogP contribution is 2.61. The fourth-order valence-corrected chi connectivity index (χ4v) is 8.33. The summed E-state index contributed by atoms with van der Waals surface area (Å²) in [5.74, 6) is 1.03. The van der Waals surface area contributed by atoms with Crippen LogP contribution in [0.5, 0.6) is 11.5 Å².